The highest BCUT2D eigenvalue weighted by atomic mass is 16.5. The summed E-state index contributed by atoms with van der Waals surface area (Å²) in [6, 6.07) is 14.0. The molecule has 0 aliphatic carbocycles. The molecule has 1 unspecified atom stereocenters. The number of benzene rings is 2. The van der Waals surface area contributed by atoms with Gasteiger partial charge in [0.05, 0.1) is 26.4 Å². The van der Waals surface area contributed by atoms with Crippen molar-refractivity contribution in [2.45, 2.75) is 26.5 Å². The molecule has 2 aromatic rings. The van der Waals surface area contributed by atoms with Crippen molar-refractivity contribution >= 4 is 11.6 Å². The largest absolute Gasteiger partial charge is 0.493 e. The molecule has 1 aliphatic rings. The van der Waals surface area contributed by atoms with Gasteiger partial charge in [-0.1, -0.05) is 30.3 Å². The number of aliphatic imine (C=N–C) groups is 1. The fraction of sp³-hybridized carbons (Fsp3) is 0.409. The molecular formula is C22H29N3O3. The first-order valence-corrected chi connectivity index (χ1v) is 9.59. The standard InChI is InChI=1S/C22H29N3O3/c1-16-7-8-18(21(11-16)28-14-17-9-10-27-13-17)12-24-22(23)25-20-6-4-3-5-19(20)15-26-2/h3-8,11,17H,9-10,12-15H2,1-2H3,(H3,23,24,25). The number of nitrogens with one attached hydrogen (secondary N) is 1. The van der Waals surface area contributed by atoms with E-state index in [4.69, 9.17) is 19.9 Å². The maximum Gasteiger partial charge on any atom is 0.193 e. The lowest BCUT2D eigenvalue weighted by molar-refractivity contribution is 0.166. The van der Waals surface area contributed by atoms with Gasteiger partial charge in [0, 0.05) is 36.4 Å². The quantitative estimate of drug-likeness (QED) is 0.539. The van der Waals surface area contributed by atoms with Crippen LogP contribution in [0.4, 0.5) is 5.69 Å². The van der Waals surface area contributed by atoms with E-state index in [1.165, 1.54) is 0 Å². The highest BCUT2D eigenvalue weighted by molar-refractivity contribution is 5.93. The van der Waals surface area contributed by atoms with Crippen LogP contribution in [0.25, 0.3) is 0 Å². The van der Waals surface area contributed by atoms with Crippen LogP contribution in [0.15, 0.2) is 47.5 Å². The van der Waals surface area contributed by atoms with Crippen LogP contribution in [0.3, 0.4) is 0 Å². The third kappa shape index (κ3) is 5.71. The first-order valence-electron chi connectivity index (χ1n) is 9.59. The number of nitrogens with two attached hydrogens (primary N) is 1. The number of aryl methyl sites for hydroxylation is 1. The highest BCUT2D eigenvalue weighted by Crippen LogP contribution is 2.23. The average molecular weight is 383 g/mol. The Balaban J connectivity index is 1.65. The number of hydrogen-bond donors (Lipinski definition) is 2. The molecule has 0 aromatic heterocycles. The predicted octanol–water partition coefficient (Wildman–Crippen LogP) is 3.48. The summed E-state index contributed by atoms with van der Waals surface area (Å²) in [5.41, 5.74) is 10.2. The summed E-state index contributed by atoms with van der Waals surface area (Å²) >= 11 is 0. The molecule has 1 saturated heterocycles. The molecule has 0 amide bonds. The zero-order valence-corrected chi connectivity index (χ0v) is 16.6. The van der Waals surface area contributed by atoms with Crippen LogP contribution in [0.5, 0.6) is 5.75 Å². The van der Waals surface area contributed by atoms with Gasteiger partial charge in [0.2, 0.25) is 0 Å². The summed E-state index contributed by atoms with van der Waals surface area (Å²) in [5, 5.41) is 3.16. The Labute approximate surface area is 166 Å². The van der Waals surface area contributed by atoms with Crippen molar-refractivity contribution in [3.63, 3.8) is 0 Å². The normalized spacial score (nSPS) is 16.9. The van der Waals surface area contributed by atoms with Gasteiger partial charge in [0.15, 0.2) is 5.96 Å². The molecule has 0 saturated carbocycles. The Morgan fingerprint density at radius 1 is 1.25 bits per heavy atom. The van der Waals surface area contributed by atoms with Crippen molar-refractivity contribution in [2.24, 2.45) is 16.6 Å². The van der Waals surface area contributed by atoms with Crippen LogP contribution in [-0.4, -0.2) is 32.9 Å². The van der Waals surface area contributed by atoms with Gasteiger partial charge in [-0.15, -0.1) is 0 Å². The number of guanidine groups is 1. The Bertz CT molecular complexity index is 801. The zero-order valence-electron chi connectivity index (χ0n) is 16.6. The number of methoxy groups -OCH3 is 1. The van der Waals surface area contributed by atoms with E-state index in [1.807, 2.05) is 30.3 Å². The Hall–Kier alpha value is -2.57. The minimum absolute atomic E-state index is 0.360. The van der Waals surface area contributed by atoms with E-state index in [-0.39, 0.29) is 0 Å². The van der Waals surface area contributed by atoms with Gasteiger partial charge in [0.25, 0.3) is 0 Å². The molecule has 6 nitrogen and oxygen atoms in total. The molecule has 2 aromatic carbocycles. The SMILES string of the molecule is COCc1ccccc1NC(N)=NCc1ccc(C)cc1OCC1CCOC1. The number of nitrogens with zero attached hydrogens (tertiary/aromatic N) is 1. The summed E-state index contributed by atoms with van der Waals surface area (Å²) in [4.78, 5) is 4.50. The lowest BCUT2D eigenvalue weighted by Crippen LogP contribution is -2.23. The molecule has 3 N–H and O–H groups in total. The summed E-state index contributed by atoms with van der Waals surface area (Å²) in [6.07, 6.45) is 1.05. The van der Waals surface area contributed by atoms with Gasteiger partial charge in [-0.2, -0.15) is 0 Å². The van der Waals surface area contributed by atoms with E-state index in [9.17, 15) is 0 Å². The maximum absolute atomic E-state index is 6.11. The minimum atomic E-state index is 0.360. The van der Waals surface area contributed by atoms with E-state index >= 15 is 0 Å². The summed E-state index contributed by atoms with van der Waals surface area (Å²) in [6.45, 7) is 5.28. The Kier molecular flexibility index (Phi) is 7.28. The monoisotopic (exact) mass is 383 g/mol. The summed E-state index contributed by atoms with van der Waals surface area (Å²) < 4.78 is 16.7. The smallest absolute Gasteiger partial charge is 0.193 e. The fourth-order valence-corrected chi connectivity index (χ4v) is 3.12. The molecular weight excluding hydrogens is 354 g/mol. The molecule has 1 atom stereocenters. The first-order chi connectivity index (χ1) is 13.7. The molecule has 3 rings (SSSR count). The third-order valence-electron chi connectivity index (χ3n) is 4.72. The van der Waals surface area contributed by atoms with Crippen LogP contribution in [-0.2, 0) is 22.6 Å². The fourth-order valence-electron chi connectivity index (χ4n) is 3.12. The van der Waals surface area contributed by atoms with Gasteiger partial charge in [-0.3, -0.25) is 0 Å². The van der Waals surface area contributed by atoms with Crippen LogP contribution in [0, 0.1) is 12.8 Å². The van der Waals surface area contributed by atoms with E-state index in [0.717, 1.165) is 47.8 Å². The van der Waals surface area contributed by atoms with Gasteiger partial charge < -0.3 is 25.3 Å². The lowest BCUT2D eigenvalue weighted by Gasteiger charge is -2.15. The van der Waals surface area contributed by atoms with E-state index in [1.54, 1.807) is 7.11 Å². The predicted molar refractivity (Wildman–Crippen MR) is 112 cm³/mol. The van der Waals surface area contributed by atoms with E-state index in [2.05, 4.69) is 29.4 Å². The number of hydrogen-bond acceptors (Lipinski definition) is 4. The van der Waals surface area contributed by atoms with Crippen LogP contribution < -0.4 is 15.8 Å². The summed E-state index contributed by atoms with van der Waals surface area (Å²) in [5.74, 6) is 1.68. The van der Waals surface area contributed by atoms with Gasteiger partial charge in [0.1, 0.15) is 5.75 Å². The van der Waals surface area contributed by atoms with E-state index < -0.39 is 0 Å². The second-order valence-corrected chi connectivity index (χ2v) is 7.07. The number of rotatable bonds is 8. The number of anilines is 1. The molecule has 1 heterocycles. The second kappa shape index (κ2) is 10.1. The minimum Gasteiger partial charge on any atom is -0.493 e. The molecule has 28 heavy (non-hydrogen) atoms. The summed E-state index contributed by atoms with van der Waals surface area (Å²) in [7, 11) is 1.67. The lowest BCUT2D eigenvalue weighted by atomic mass is 10.1. The number of ether oxygens (including phenoxy) is 3. The van der Waals surface area contributed by atoms with Gasteiger partial charge in [-0.05, 0) is 31.0 Å². The van der Waals surface area contributed by atoms with E-state index in [0.29, 0.717) is 31.6 Å². The Morgan fingerprint density at radius 3 is 2.89 bits per heavy atom. The Morgan fingerprint density at radius 2 is 2.11 bits per heavy atom. The molecule has 0 bridgehead atoms. The third-order valence-corrected chi connectivity index (χ3v) is 4.72. The second-order valence-electron chi connectivity index (χ2n) is 7.07. The van der Waals surface area contributed by atoms with Crippen LogP contribution >= 0.6 is 0 Å². The molecule has 0 spiro atoms. The zero-order chi connectivity index (χ0) is 19.8. The van der Waals surface area contributed by atoms with Gasteiger partial charge in [-0.25, -0.2) is 4.99 Å². The number of para-hydroxylation sites is 1. The molecule has 6 heteroatoms. The van der Waals surface area contributed by atoms with Crippen molar-refractivity contribution in [3.05, 3.63) is 59.2 Å². The average Bonchev–Trinajstić information content (AvgIpc) is 3.21. The molecule has 1 aliphatic heterocycles. The molecule has 1 fully saturated rings. The first kappa shape index (κ1) is 20.2. The molecule has 0 radical (unpaired) electrons. The molecule has 150 valence electrons. The van der Waals surface area contributed by atoms with Crippen molar-refractivity contribution < 1.29 is 14.2 Å². The van der Waals surface area contributed by atoms with Crippen molar-refractivity contribution in [1.29, 1.82) is 0 Å². The van der Waals surface area contributed by atoms with Crippen LogP contribution in [0.2, 0.25) is 0 Å². The van der Waals surface area contributed by atoms with Crippen LogP contribution in [0.1, 0.15) is 23.1 Å². The van der Waals surface area contributed by atoms with Crippen molar-refractivity contribution in [3.8, 4) is 5.75 Å². The van der Waals surface area contributed by atoms with Crippen molar-refractivity contribution in [2.75, 3.05) is 32.2 Å². The van der Waals surface area contributed by atoms with Crippen molar-refractivity contribution in [1.82, 2.24) is 0 Å². The maximum atomic E-state index is 6.11. The van der Waals surface area contributed by atoms with Gasteiger partial charge >= 0.3 is 0 Å². The topological polar surface area (TPSA) is 78.1 Å². The highest BCUT2D eigenvalue weighted by Gasteiger charge is 2.17.